The number of β-amino-alcohol motifs (C(OH)–C–C–N with tert-alkyl or cyclic N) is 1. The van der Waals surface area contributed by atoms with Crippen molar-refractivity contribution in [3.63, 3.8) is 0 Å². The Kier molecular flexibility index (Phi) is 7.68. The molecule has 0 spiro atoms. The van der Waals surface area contributed by atoms with E-state index in [9.17, 15) is 5.11 Å². The van der Waals surface area contributed by atoms with Gasteiger partial charge in [0, 0.05) is 35.6 Å². The zero-order chi connectivity index (χ0) is 26.0. The second-order valence-electron chi connectivity index (χ2n) is 10.9. The van der Waals surface area contributed by atoms with Crippen LogP contribution >= 0.6 is 11.6 Å². The summed E-state index contributed by atoms with van der Waals surface area (Å²) >= 11 is 6.57. The van der Waals surface area contributed by atoms with Gasteiger partial charge in [-0.2, -0.15) is 0 Å². The molecular formula is C31H36ClN3O2. The van der Waals surface area contributed by atoms with Crippen LogP contribution < -0.4 is 10.1 Å². The predicted molar refractivity (Wildman–Crippen MR) is 152 cm³/mol. The molecular weight excluding hydrogens is 482 g/mol. The second kappa shape index (κ2) is 11.0. The Morgan fingerprint density at radius 3 is 2.70 bits per heavy atom. The van der Waals surface area contributed by atoms with Gasteiger partial charge in [-0.25, -0.2) is 4.98 Å². The van der Waals surface area contributed by atoms with Gasteiger partial charge in [-0.3, -0.25) is 4.90 Å². The SMILES string of the molecule is COc1ccc2nc(Cl)c(CN3CCCC3C(O)CNC(C)(C)Cc3ccc4ccccc4c3)cc2c1. The van der Waals surface area contributed by atoms with Crippen LogP contribution in [0.3, 0.4) is 0 Å². The van der Waals surface area contributed by atoms with Crippen molar-refractivity contribution in [3.8, 4) is 5.75 Å². The number of nitrogens with one attached hydrogen (secondary N) is 1. The Morgan fingerprint density at radius 1 is 1.08 bits per heavy atom. The minimum atomic E-state index is -0.467. The normalized spacial score (nSPS) is 17.5. The van der Waals surface area contributed by atoms with Crippen molar-refractivity contribution in [1.82, 2.24) is 15.2 Å². The van der Waals surface area contributed by atoms with Crippen molar-refractivity contribution in [3.05, 3.63) is 83.0 Å². The summed E-state index contributed by atoms with van der Waals surface area (Å²) in [6, 6.07) is 23.1. The zero-order valence-electron chi connectivity index (χ0n) is 21.9. The molecule has 2 heterocycles. The highest BCUT2D eigenvalue weighted by Crippen LogP contribution is 2.29. The molecule has 5 rings (SSSR count). The molecule has 2 atom stereocenters. The molecule has 0 aliphatic carbocycles. The third-order valence-corrected chi connectivity index (χ3v) is 7.86. The van der Waals surface area contributed by atoms with Crippen molar-refractivity contribution in [1.29, 1.82) is 0 Å². The number of methoxy groups -OCH3 is 1. The molecule has 3 aromatic carbocycles. The van der Waals surface area contributed by atoms with Gasteiger partial charge in [0.25, 0.3) is 0 Å². The lowest BCUT2D eigenvalue weighted by atomic mass is 9.93. The Labute approximate surface area is 224 Å². The van der Waals surface area contributed by atoms with Crippen LogP contribution in [0.2, 0.25) is 5.15 Å². The maximum Gasteiger partial charge on any atom is 0.134 e. The minimum absolute atomic E-state index is 0.0843. The van der Waals surface area contributed by atoms with Gasteiger partial charge in [0.2, 0.25) is 0 Å². The Morgan fingerprint density at radius 2 is 1.89 bits per heavy atom. The number of pyridine rings is 1. The first-order valence-corrected chi connectivity index (χ1v) is 13.5. The lowest BCUT2D eigenvalue weighted by Gasteiger charge is -2.33. The van der Waals surface area contributed by atoms with E-state index in [1.807, 2.05) is 18.2 Å². The fourth-order valence-electron chi connectivity index (χ4n) is 5.55. The molecule has 0 bridgehead atoms. The van der Waals surface area contributed by atoms with Crippen LogP contribution in [0.1, 0.15) is 37.8 Å². The van der Waals surface area contributed by atoms with Crippen LogP contribution in [0.4, 0.5) is 0 Å². The van der Waals surface area contributed by atoms with Crippen LogP contribution in [0.15, 0.2) is 66.7 Å². The number of likely N-dealkylation sites (tertiary alicyclic amines) is 1. The molecule has 1 aliphatic heterocycles. The number of benzene rings is 3. The molecule has 5 nitrogen and oxygen atoms in total. The molecule has 4 aromatic rings. The number of aliphatic hydroxyl groups excluding tert-OH is 1. The number of ether oxygens (including phenoxy) is 1. The third kappa shape index (κ3) is 6.07. The van der Waals surface area contributed by atoms with Gasteiger partial charge >= 0.3 is 0 Å². The van der Waals surface area contributed by atoms with Gasteiger partial charge in [-0.15, -0.1) is 0 Å². The first-order valence-electron chi connectivity index (χ1n) is 13.1. The van der Waals surface area contributed by atoms with E-state index in [-0.39, 0.29) is 11.6 Å². The van der Waals surface area contributed by atoms with Crippen LogP contribution in [0, 0.1) is 0 Å². The zero-order valence-corrected chi connectivity index (χ0v) is 22.6. The Hall–Kier alpha value is -2.70. The highest BCUT2D eigenvalue weighted by atomic mass is 35.5. The van der Waals surface area contributed by atoms with Crippen molar-refractivity contribution in [2.75, 3.05) is 20.2 Å². The van der Waals surface area contributed by atoms with E-state index in [4.69, 9.17) is 16.3 Å². The number of hydrogen-bond acceptors (Lipinski definition) is 5. The summed E-state index contributed by atoms with van der Waals surface area (Å²) in [5, 5.41) is 18.9. The number of aromatic nitrogens is 1. The van der Waals surface area contributed by atoms with Gasteiger partial charge in [-0.1, -0.05) is 54.1 Å². The van der Waals surface area contributed by atoms with Crippen molar-refractivity contribution in [2.45, 2.75) is 57.3 Å². The van der Waals surface area contributed by atoms with Gasteiger partial charge in [0.1, 0.15) is 10.9 Å². The largest absolute Gasteiger partial charge is 0.497 e. The predicted octanol–water partition coefficient (Wildman–Crippen LogP) is 5.99. The van der Waals surface area contributed by atoms with E-state index >= 15 is 0 Å². The highest BCUT2D eigenvalue weighted by Gasteiger charge is 2.32. The topological polar surface area (TPSA) is 57.6 Å². The molecule has 37 heavy (non-hydrogen) atoms. The summed E-state index contributed by atoms with van der Waals surface area (Å²) < 4.78 is 5.37. The summed E-state index contributed by atoms with van der Waals surface area (Å²) in [6.45, 7) is 6.56. The van der Waals surface area contributed by atoms with E-state index in [2.05, 4.69) is 77.6 Å². The third-order valence-electron chi connectivity index (χ3n) is 7.53. The summed E-state index contributed by atoms with van der Waals surface area (Å²) in [5.41, 5.74) is 2.98. The van der Waals surface area contributed by atoms with Crippen LogP contribution in [-0.2, 0) is 13.0 Å². The summed E-state index contributed by atoms with van der Waals surface area (Å²) in [7, 11) is 1.67. The number of halogens is 1. The molecule has 194 valence electrons. The minimum Gasteiger partial charge on any atom is -0.497 e. The Balaban J connectivity index is 1.22. The number of nitrogens with zero attached hydrogens (tertiary/aromatic N) is 2. The average molecular weight is 518 g/mol. The van der Waals surface area contributed by atoms with Gasteiger partial charge in [0.15, 0.2) is 0 Å². The molecule has 6 heteroatoms. The summed E-state index contributed by atoms with van der Waals surface area (Å²) in [6.07, 6.45) is 2.46. The van der Waals surface area contributed by atoms with Gasteiger partial charge < -0.3 is 15.2 Å². The second-order valence-corrected chi connectivity index (χ2v) is 11.2. The average Bonchev–Trinajstić information content (AvgIpc) is 3.35. The lowest BCUT2D eigenvalue weighted by Crippen LogP contribution is -2.50. The van der Waals surface area contributed by atoms with E-state index in [0.717, 1.165) is 48.0 Å². The molecule has 2 unspecified atom stereocenters. The molecule has 1 aromatic heterocycles. The fraction of sp³-hybridized carbons (Fsp3) is 0.387. The lowest BCUT2D eigenvalue weighted by molar-refractivity contribution is 0.0633. The summed E-state index contributed by atoms with van der Waals surface area (Å²) in [5.74, 6) is 0.800. The van der Waals surface area contributed by atoms with Crippen molar-refractivity contribution in [2.24, 2.45) is 0 Å². The molecule has 0 saturated carbocycles. The molecule has 1 fully saturated rings. The Bertz CT molecular complexity index is 1390. The number of fused-ring (bicyclic) bond motifs is 2. The van der Waals surface area contributed by atoms with E-state index in [1.165, 1.54) is 16.3 Å². The van der Waals surface area contributed by atoms with E-state index in [1.54, 1.807) is 7.11 Å². The molecule has 0 radical (unpaired) electrons. The summed E-state index contributed by atoms with van der Waals surface area (Å²) in [4.78, 5) is 6.94. The van der Waals surface area contributed by atoms with Gasteiger partial charge in [0.05, 0.1) is 18.7 Å². The fourth-order valence-corrected chi connectivity index (χ4v) is 5.76. The van der Waals surface area contributed by atoms with Crippen LogP contribution in [0.25, 0.3) is 21.7 Å². The molecule has 1 aliphatic rings. The first kappa shape index (κ1) is 25.9. The smallest absolute Gasteiger partial charge is 0.134 e. The maximum atomic E-state index is 11.2. The number of aliphatic hydroxyl groups is 1. The number of hydrogen-bond donors (Lipinski definition) is 2. The first-order chi connectivity index (χ1) is 17.8. The van der Waals surface area contributed by atoms with Crippen molar-refractivity contribution < 1.29 is 9.84 Å². The van der Waals surface area contributed by atoms with E-state index < -0.39 is 6.10 Å². The van der Waals surface area contributed by atoms with E-state index in [0.29, 0.717) is 18.2 Å². The maximum absolute atomic E-state index is 11.2. The quantitative estimate of drug-likeness (QED) is 0.267. The monoisotopic (exact) mass is 517 g/mol. The molecule has 2 N–H and O–H groups in total. The molecule has 0 amide bonds. The molecule has 1 saturated heterocycles. The van der Waals surface area contributed by atoms with Gasteiger partial charge in [-0.05, 0) is 80.3 Å². The highest BCUT2D eigenvalue weighted by molar-refractivity contribution is 6.30. The van der Waals surface area contributed by atoms with Crippen LogP contribution in [0.5, 0.6) is 5.75 Å². The van der Waals surface area contributed by atoms with Crippen molar-refractivity contribution >= 4 is 33.3 Å². The standard InChI is InChI=1S/C31H36ClN3O2/c1-31(2,18-21-10-11-22-7-4-5-8-23(22)15-21)33-19-29(36)28-9-6-14-35(28)20-25-16-24-17-26(37-3)12-13-27(24)34-30(25)32/h4-5,7-8,10-13,15-17,28-29,33,36H,6,9,14,18-20H2,1-3H3. The van der Waals surface area contributed by atoms with Crippen LogP contribution in [-0.4, -0.2) is 52.9 Å². The number of rotatable bonds is 9.